The molecular formula is C22H19Cl2NO3. The van der Waals surface area contributed by atoms with Crippen molar-refractivity contribution in [1.29, 1.82) is 0 Å². The van der Waals surface area contributed by atoms with Gasteiger partial charge in [-0.15, -0.1) is 0 Å². The number of halogens is 2. The van der Waals surface area contributed by atoms with Gasteiger partial charge < -0.3 is 15.2 Å². The number of benzene rings is 3. The summed E-state index contributed by atoms with van der Waals surface area (Å²) in [5.41, 5.74) is 2.05. The summed E-state index contributed by atoms with van der Waals surface area (Å²) in [4.78, 5) is 12.7. The fourth-order valence-corrected chi connectivity index (χ4v) is 3.21. The minimum Gasteiger partial charge on any atom is -0.492 e. The van der Waals surface area contributed by atoms with Gasteiger partial charge in [0.05, 0.1) is 11.6 Å². The number of rotatable bonds is 6. The number of aliphatic hydroxyl groups excluding tert-OH is 1. The lowest BCUT2D eigenvalue weighted by Crippen LogP contribution is -2.15. The first-order valence-corrected chi connectivity index (χ1v) is 9.51. The number of amides is 1. The van der Waals surface area contributed by atoms with E-state index in [1.54, 1.807) is 36.4 Å². The van der Waals surface area contributed by atoms with E-state index in [2.05, 4.69) is 5.32 Å². The molecule has 0 fully saturated rings. The predicted octanol–water partition coefficient (Wildman–Crippen LogP) is 5.73. The van der Waals surface area contributed by atoms with E-state index in [9.17, 15) is 9.90 Å². The predicted molar refractivity (Wildman–Crippen MR) is 113 cm³/mol. The minimum atomic E-state index is -0.931. The van der Waals surface area contributed by atoms with E-state index in [0.29, 0.717) is 44.8 Å². The Kier molecular flexibility index (Phi) is 6.57. The number of hydrogen-bond donors (Lipinski definition) is 2. The number of carbonyl (C=O) groups is 1. The molecule has 0 heterocycles. The van der Waals surface area contributed by atoms with Crippen LogP contribution in [-0.2, 0) is 0 Å². The molecule has 1 amide bonds. The molecule has 3 aromatic carbocycles. The second-order valence-corrected chi connectivity index (χ2v) is 6.92. The summed E-state index contributed by atoms with van der Waals surface area (Å²) in [5.74, 6) is 0.168. The van der Waals surface area contributed by atoms with Gasteiger partial charge >= 0.3 is 0 Å². The van der Waals surface area contributed by atoms with Gasteiger partial charge in [0.2, 0.25) is 0 Å². The molecule has 0 aliphatic heterocycles. The van der Waals surface area contributed by atoms with Gasteiger partial charge in [-0.25, -0.2) is 0 Å². The van der Waals surface area contributed by atoms with Gasteiger partial charge in [-0.3, -0.25) is 4.79 Å². The van der Waals surface area contributed by atoms with Crippen LogP contribution in [0.2, 0.25) is 10.0 Å². The van der Waals surface area contributed by atoms with Crippen molar-refractivity contribution >= 4 is 34.8 Å². The Hall–Kier alpha value is -2.53. The molecule has 0 spiro atoms. The van der Waals surface area contributed by atoms with Crippen molar-refractivity contribution in [2.75, 3.05) is 11.9 Å². The quantitative estimate of drug-likeness (QED) is 0.540. The zero-order valence-electron chi connectivity index (χ0n) is 15.2. The molecule has 0 aromatic heterocycles. The molecule has 0 aliphatic rings. The molecule has 4 nitrogen and oxygen atoms in total. The maximum atomic E-state index is 12.7. The molecule has 144 valence electrons. The van der Waals surface area contributed by atoms with Crippen LogP contribution in [0.1, 0.15) is 34.5 Å². The van der Waals surface area contributed by atoms with Crippen LogP contribution in [0.3, 0.4) is 0 Å². The lowest BCUT2D eigenvalue weighted by Gasteiger charge is -2.17. The monoisotopic (exact) mass is 415 g/mol. The fourth-order valence-electron chi connectivity index (χ4n) is 2.80. The number of nitrogens with one attached hydrogen (secondary N) is 1. The molecule has 6 heteroatoms. The van der Waals surface area contributed by atoms with Gasteiger partial charge in [-0.2, -0.15) is 0 Å². The summed E-state index contributed by atoms with van der Waals surface area (Å²) in [5, 5.41) is 14.4. The molecule has 0 bridgehead atoms. The highest BCUT2D eigenvalue weighted by Crippen LogP contribution is 2.32. The zero-order chi connectivity index (χ0) is 20.1. The molecular weight excluding hydrogens is 397 g/mol. The topological polar surface area (TPSA) is 58.6 Å². The van der Waals surface area contributed by atoms with E-state index in [1.807, 2.05) is 37.3 Å². The van der Waals surface area contributed by atoms with Crippen LogP contribution in [0.25, 0.3) is 0 Å². The van der Waals surface area contributed by atoms with Crippen LogP contribution >= 0.6 is 23.2 Å². The highest BCUT2D eigenvalue weighted by Gasteiger charge is 2.18. The van der Waals surface area contributed by atoms with Gasteiger partial charge in [-0.1, -0.05) is 53.5 Å². The SMILES string of the molecule is CCOc1ccc(C(=O)Nc2ccc(Cl)cc2C(O)c2ccccc2)cc1Cl. The number of ether oxygens (including phenoxy) is 1. The van der Waals surface area contributed by atoms with Crippen molar-refractivity contribution in [3.8, 4) is 5.75 Å². The Labute approximate surface area is 173 Å². The fraction of sp³-hybridized carbons (Fsp3) is 0.136. The third-order valence-electron chi connectivity index (χ3n) is 4.17. The number of aliphatic hydroxyl groups is 1. The van der Waals surface area contributed by atoms with Crippen LogP contribution in [-0.4, -0.2) is 17.6 Å². The maximum absolute atomic E-state index is 12.7. The zero-order valence-corrected chi connectivity index (χ0v) is 16.7. The third-order valence-corrected chi connectivity index (χ3v) is 4.70. The summed E-state index contributed by atoms with van der Waals surface area (Å²) >= 11 is 12.3. The summed E-state index contributed by atoms with van der Waals surface area (Å²) < 4.78 is 5.39. The Morgan fingerprint density at radius 2 is 1.82 bits per heavy atom. The molecule has 0 aliphatic carbocycles. The van der Waals surface area contributed by atoms with E-state index in [-0.39, 0.29) is 5.91 Å². The summed E-state index contributed by atoms with van der Waals surface area (Å²) in [7, 11) is 0. The molecule has 3 aromatic rings. The van der Waals surface area contributed by atoms with Gasteiger partial charge in [0.15, 0.2) is 0 Å². The van der Waals surface area contributed by atoms with Crippen LogP contribution in [0.15, 0.2) is 66.7 Å². The Bertz CT molecular complexity index is 977. The first kappa shape index (κ1) is 20.2. The van der Waals surface area contributed by atoms with E-state index in [1.165, 1.54) is 0 Å². The van der Waals surface area contributed by atoms with Crippen LogP contribution in [0, 0.1) is 0 Å². The van der Waals surface area contributed by atoms with Gasteiger partial charge in [0.1, 0.15) is 11.9 Å². The molecule has 28 heavy (non-hydrogen) atoms. The van der Waals surface area contributed by atoms with Crippen molar-refractivity contribution in [3.05, 3.63) is 93.5 Å². The first-order valence-electron chi connectivity index (χ1n) is 8.75. The second kappa shape index (κ2) is 9.11. The van der Waals surface area contributed by atoms with E-state index in [0.717, 1.165) is 0 Å². The second-order valence-electron chi connectivity index (χ2n) is 6.08. The standard InChI is InChI=1S/C22H19Cl2NO3/c1-2-28-20-11-8-15(12-18(20)24)22(27)25-19-10-9-16(23)13-17(19)21(26)14-6-4-3-5-7-14/h3-13,21,26H,2H2,1H3,(H,25,27). The van der Waals surface area contributed by atoms with Crippen molar-refractivity contribution in [2.24, 2.45) is 0 Å². The van der Waals surface area contributed by atoms with E-state index >= 15 is 0 Å². The van der Waals surface area contributed by atoms with Crippen LogP contribution < -0.4 is 10.1 Å². The van der Waals surface area contributed by atoms with Gasteiger partial charge in [-0.05, 0) is 48.9 Å². The maximum Gasteiger partial charge on any atom is 0.255 e. The highest BCUT2D eigenvalue weighted by atomic mass is 35.5. The molecule has 3 rings (SSSR count). The molecule has 0 saturated carbocycles. The Morgan fingerprint density at radius 1 is 1.07 bits per heavy atom. The van der Waals surface area contributed by atoms with Crippen molar-refractivity contribution in [1.82, 2.24) is 0 Å². The number of carbonyl (C=O) groups excluding carboxylic acids is 1. The van der Waals surface area contributed by atoms with Crippen molar-refractivity contribution in [3.63, 3.8) is 0 Å². The molecule has 2 N–H and O–H groups in total. The smallest absolute Gasteiger partial charge is 0.255 e. The lowest BCUT2D eigenvalue weighted by atomic mass is 9.99. The minimum absolute atomic E-state index is 0.353. The number of hydrogen-bond acceptors (Lipinski definition) is 3. The highest BCUT2D eigenvalue weighted by molar-refractivity contribution is 6.32. The number of anilines is 1. The van der Waals surface area contributed by atoms with Crippen LogP contribution in [0.5, 0.6) is 5.75 Å². The van der Waals surface area contributed by atoms with Crippen LogP contribution in [0.4, 0.5) is 5.69 Å². The normalized spacial score (nSPS) is 11.7. The summed E-state index contributed by atoms with van der Waals surface area (Å²) in [6.45, 7) is 2.34. The van der Waals surface area contributed by atoms with Gasteiger partial charge in [0, 0.05) is 21.8 Å². The molecule has 1 unspecified atom stereocenters. The first-order chi connectivity index (χ1) is 13.5. The van der Waals surface area contributed by atoms with E-state index in [4.69, 9.17) is 27.9 Å². The van der Waals surface area contributed by atoms with Gasteiger partial charge in [0.25, 0.3) is 5.91 Å². The summed E-state index contributed by atoms with van der Waals surface area (Å²) in [6.07, 6.45) is -0.931. The lowest BCUT2D eigenvalue weighted by molar-refractivity contribution is 0.102. The molecule has 0 radical (unpaired) electrons. The third kappa shape index (κ3) is 4.65. The average molecular weight is 416 g/mol. The van der Waals surface area contributed by atoms with E-state index < -0.39 is 6.10 Å². The Balaban J connectivity index is 1.88. The van der Waals surface area contributed by atoms with Crippen molar-refractivity contribution in [2.45, 2.75) is 13.0 Å². The molecule has 0 saturated heterocycles. The largest absolute Gasteiger partial charge is 0.492 e. The Morgan fingerprint density at radius 3 is 2.50 bits per heavy atom. The van der Waals surface area contributed by atoms with Crippen molar-refractivity contribution < 1.29 is 14.6 Å². The summed E-state index contributed by atoms with van der Waals surface area (Å²) in [6, 6.07) is 19.0. The molecule has 1 atom stereocenters. The average Bonchev–Trinajstić information content (AvgIpc) is 2.71.